The van der Waals surface area contributed by atoms with Gasteiger partial charge in [0.1, 0.15) is 17.1 Å². The van der Waals surface area contributed by atoms with E-state index in [2.05, 4.69) is 0 Å². The summed E-state index contributed by atoms with van der Waals surface area (Å²) in [7, 11) is 0. The Kier molecular flexibility index (Phi) is 4.27. The molecule has 1 heterocycles. The van der Waals surface area contributed by atoms with Crippen molar-refractivity contribution in [2.24, 2.45) is 11.7 Å². The second-order valence-electron chi connectivity index (χ2n) is 5.01. The molecular formula is C14H20N2O3. The predicted molar refractivity (Wildman–Crippen MR) is 72.1 cm³/mol. The highest BCUT2D eigenvalue weighted by Crippen LogP contribution is 2.29. The van der Waals surface area contributed by atoms with Crippen LogP contribution in [0.5, 0.6) is 11.5 Å². The monoisotopic (exact) mass is 264 g/mol. The number of nitrogens with zero attached hydrogens (tertiary/aromatic N) is 1. The lowest BCUT2D eigenvalue weighted by molar-refractivity contribution is 0.0663. The van der Waals surface area contributed by atoms with Gasteiger partial charge in [-0.1, -0.05) is 6.07 Å². The van der Waals surface area contributed by atoms with E-state index in [9.17, 15) is 15.0 Å². The van der Waals surface area contributed by atoms with Crippen LogP contribution in [0, 0.1) is 5.92 Å². The minimum absolute atomic E-state index is 0.00380. The Morgan fingerprint density at radius 3 is 2.68 bits per heavy atom. The summed E-state index contributed by atoms with van der Waals surface area (Å²) in [6, 6.07) is 4.33. The maximum absolute atomic E-state index is 12.4. The van der Waals surface area contributed by atoms with Crippen molar-refractivity contribution in [2.75, 3.05) is 19.6 Å². The lowest BCUT2D eigenvalue weighted by Gasteiger charge is -2.33. The molecule has 2 rings (SSSR count). The molecule has 1 amide bonds. The lowest BCUT2D eigenvalue weighted by atomic mass is 9.94. The molecule has 1 saturated heterocycles. The highest BCUT2D eigenvalue weighted by molar-refractivity contribution is 5.99. The molecule has 5 heteroatoms. The zero-order valence-electron chi connectivity index (χ0n) is 10.9. The highest BCUT2D eigenvalue weighted by Gasteiger charge is 2.27. The van der Waals surface area contributed by atoms with E-state index in [4.69, 9.17) is 5.73 Å². The summed E-state index contributed by atoms with van der Waals surface area (Å²) >= 11 is 0. The fourth-order valence-electron chi connectivity index (χ4n) is 2.63. The number of carbonyl (C=O) groups is 1. The zero-order chi connectivity index (χ0) is 13.8. The SMILES string of the molecule is NCC[C@H]1CCCN(C(=O)c2c(O)cccc2O)C1. The Morgan fingerprint density at radius 1 is 1.37 bits per heavy atom. The molecule has 0 saturated carbocycles. The lowest BCUT2D eigenvalue weighted by Crippen LogP contribution is -2.40. The Labute approximate surface area is 112 Å². The maximum atomic E-state index is 12.4. The van der Waals surface area contributed by atoms with Crippen LogP contribution in [0.3, 0.4) is 0 Å². The van der Waals surface area contributed by atoms with Gasteiger partial charge in [0, 0.05) is 13.1 Å². The topological polar surface area (TPSA) is 86.8 Å². The van der Waals surface area contributed by atoms with E-state index >= 15 is 0 Å². The zero-order valence-corrected chi connectivity index (χ0v) is 10.9. The average molecular weight is 264 g/mol. The van der Waals surface area contributed by atoms with Gasteiger partial charge in [0.05, 0.1) is 0 Å². The number of aromatic hydroxyl groups is 2. The third-order valence-electron chi connectivity index (χ3n) is 3.62. The van der Waals surface area contributed by atoms with Crippen molar-refractivity contribution in [3.8, 4) is 11.5 Å². The van der Waals surface area contributed by atoms with Gasteiger partial charge in [0.15, 0.2) is 0 Å². The van der Waals surface area contributed by atoms with E-state index < -0.39 is 0 Å². The van der Waals surface area contributed by atoms with Gasteiger partial charge in [0.2, 0.25) is 0 Å². The molecule has 1 aromatic carbocycles. The molecule has 5 nitrogen and oxygen atoms in total. The van der Waals surface area contributed by atoms with E-state index in [0.29, 0.717) is 25.6 Å². The molecule has 1 atom stereocenters. The molecule has 4 N–H and O–H groups in total. The van der Waals surface area contributed by atoms with Gasteiger partial charge in [0.25, 0.3) is 5.91 Å². The van der Waals surface area contributed by atoms with E-state index in [0.717, 1.165) is 19.3 Å². The first-order chi connectivity index (χ1) is 9.13. The summed E-state index contributed by atoms with van der Waals surface area (Å²) in [4.78, 5) is 14.1. The number of phenolic OH excluding ortho intramolecular Hbond substituents is 2. The summed E-state index contributed by atoms with van der Waals surface area (Å²) in [6.07, 6.45) is 2.91. The first-order valence-electron chi connectivity index (χ1n) is 6.63. The molecule has 0 aromatic heterocycles. The number of rotatable bonds is 3. The number of carbonyl (C=O) groups excluding carboxylic acids is 1. The second kappa shape index (κ2) is 5.93. The molecule has 0 bridgehead atoms. The molecule has 0 aliphatic carbocycles. The molecule has 1 aromatic rings. The molecular weight excluding hydrogens is 244 g/mol. The van der Waals surface area contributed by atoms with Crippen LogP contribution in [0.25, 0.3) is 0 Å². The normalized spacial score (nSPS) is 19.4. The van der Waals surface area contributed by atoms with Crippen LogP contribution in [0.15, 0.2) is 18.2 Å². The van der Waals surface area contributed by atoms with Gasteiger partial charge < -0.3 is 20.8 Å². The minimum atomic E-state index is -0.308. The first kappa shape index (κ1) is 13.7. The summed E-state index contributed by atoms with van der Waals surface area (Å²) in [6.45, 7) is 1.92. The Bertz CT molecular complexity index is 440. The summed E-state index contributed by atoms with van der Waals surface area (Å²) in [5.74, 6) is -0.245. The van der Waals surface area contributed by atoms with Crippen molar-refractivity contribution in [1.29, 1.82) is 0 Å². The van der Waals surface area contributed by atoms with Crippen LogP contribution < -0.4 is 5.73 Å². The molecule has 1 aliphatic heterocycles. The molecule has 0 spiro atoms. The van der Waals surface area contributed by atoms with E-state index in [1.807, 2.05) is 0 Å². The highest BCUT2D eigenvalue weighted by atomic mass is 16.3. The number of phenols is 2. The van der Waals surface area contributed by atoms with Gasteiger partial charge >= 0.3 is 0 Å². The number of benzene rings is 1. The van der Waals surface area contributed by atoms with E-state index in [-0.39, 0.29) is 23.0 Å². The largest absolute Gasteiger partial charge is 0.507 e. The van der Waals surface area contributed by atoms with Gasteiger partial charge in [-0.3, -0.25) is 4.79 Å². The Hall–Kier alpha value is -1.75. The average Bonchev–Trinajstić information content (AvgIpc) is 2.39. The predicted octanol–water partition coefficient (Wildman–Crippen LogP) is 1.30. The van der Waals surface area contributed by atoms with Crippen molar-refractivity contribution in [3.05, 3.63) is 23.8 Å². The van der Waals surface area contributed by atoms with Crippen LogP contribution in [0.4, 0.5) is 0 Å². The van der Waals surface area contributed by atoms with Crippen molar-refractivity contribution in [3.63, 3.8) is 0 Å². The molecule has 0 radical (unpaired) electrons. The summed E-state index contributed by atoms with van der Waals surface area (Å²) < 4.78 is 0. The van der Waals surface area contributed by atoms with Gasteiger partial charge in [-0.25, -0.2) is 0 Å². The van der Waals surface area contributed by atoms with Crippen molar-refractivity contribution >= 4 is 5.91 Å². The molecule has 1 aliphatic rings. The number of piperidine rings is 1. The number of amides is 1. The van der Waals surface area contributed by atoms with Gasteiger partial charge in [-0.2, -0.15) is 0 Å². The number of hydrogen-bond donors (Lipinski definition) is 3. The number of nitrogens with two attached hydrogens (primary N) is 1. The smallest absolute Gasteiger partial charge is 0.261 e. The van der Waals surface area contributed by atoms with Crippen LogP contribution in [-0.4, -0.2) is 40.7 Å². The first-order valence-corrected chi connectivity index (χ1v) is 6.63. The third-order valence-corrected chi connectivity index (χ3v) is 3.62. The Balaban J connectivity index is 2.15. The van der Waals surface area contributed by atoms with Crippen LogP contribution in [0.2, 0.25) is 0 Å². The van der Waals surface area contributed by atoms with E-state index in [1.165, 1.54) is 18.2 Å². The second-order valence-corrected chi connectivity index (χ2v) is 5.01. The fourth-order valence-corrected chi connectivity index (χ4v) is 2.63. The molecule has 1 fully saturated rings. The third kappa shape index (κ3) is 2.98. The molecule has 0 unspecified atom stereocenters. The Morgan fingerprint density at radius 2 is 2.05 bits per heavy atom. The summed E-state index contributed by atoms with van der Waals surface area (Å²) in [5.41, 5.74) is 5.55. The van der Waals surface area contributed by atoms with Gasteiger partial charge in [-0.15, -0.1) is 0 Å². The van der Waals surface area contributed by atoms with Crippen LogP contribution in [0.1, 0.15) is 29.6 Å². The van der Waals surface area contributed by atoms with E-state index in [1.54, 1.807) is 4.90 Å². The van der Waals surface area contributed by atoms with Crippen molar-refractivity contribution in [2.45, 2.75) is 19.3 Å². The quantitative estimate of drug-likeness (QED) is 0.768. The van der Waals surface area contributed by atoms with Crippen molar-refractivity contribution in [1.82, 2.24) is 4.90 Å². The van der Waals surface area contributed by atoms with Crippen LogP contribution in [-0.2, 0) is 0 Å². The standard InChI is InChI=1S/C14H20N2O3/c15-7-6-10-3-2-8-16(9-10)14(19)13-11(17)4-1-5-12(13)18/h1,4-5,10,17-18H,2-3,6-9,15H2/t10-/m1/s1. The minimum Gasteiger partial charge on any atom is -0.507 e. The van der Waals surface area contributed by atoms with Gasteiger partial charge in [-0.05, 0) is 43.9 Å². The number of likely N-dealkylation sites (tertiary alicyclic amines) is 1. The number of hydrogen-bond acceptors (Lipinski definition) is 4. The fraction of sp³-hybridized carbons (Fsp3) is 0.500. The summed E-state index contributed by atoms with van der Waals surface area (Å²) in [5, 5.41) is 19.5. The molecule has 19 heavy (non-hydrogen) atoms. The van der Waals surface area contributed by atoms with Crippen molar-refractivity contribution < 1.29 is 15.0 Å². The molecule has 104 valence electrons. The van der Waals surface area contributed by atoms with Crippen LogP contribution >= 0.6 is 0 Å². The maximum Gasteiger partial charge on any atom is 0.261 e.